The molecule has 0 saturated carbocycles. The third kappa shape index (κ3) is 3.27. The van der Waals surface area contributed by atoms with Crippen LogP contribution < -0.4 is 5.32 Å². The lowest BCUT2D eigenvalue weighted by Crippen LogP contribution is -2.15. The molecule has 0 saturated heterocycles. The van der Waals surface area contributed by atoms with Gasteiger partial charge in [0.1, 0.15) is 10.6 Å². The molecule has 2 heterocycles. The van der Waals surface area contributed by atoms with Crippen LogP contribution in [0.2, 0.25) is 0 Å². The van der Waals surface area contributed by atoms with Crippen molar-refractivity contribution >= 4 is 28.9 Å². The molecule has 6 heteroatoms. The van der Waals surface area contributed by atoms with Gasteiger partial charge in [0.2, 0.25) is 5.91 Å². The van der Waals surface area contributed by atoms with Gasteiger partial charge in [0.25, 0.3) is 0 Å². The van der Waals surface area contributed by atoms with E-state index in [-0.39, 0.29) is 5.91 Å². The average Bonchev–Trinajstić information content (AvgIpc) is 3.07. The summed E-state index contributed by atoms with van der Waals surface area (Å²) in [5.41, 5.74) is 1.38. The zero-order valence-corrected chi connectivity index (χ0v) is 12.1. The van der Waals surface area contributed by atoms with Gasteiger partial charge in [-0.05, 0) is 30.0 Å². The predicted octanol–water partition coefficient (Wildman–Crippen LogP) is 3.01. The number of esters is 1. The van der Waals surface area contributed by atoms with Gasteiger partial charge in [0, 0.05) is 12.8 Å². The lowest BCUT2D eigenvalue weighted by Gasteiger charge is -2.06. The lowest BCUT2D eigenvalue weighted by molar-refractivity contribution is -0.116. The topological polar surface area (TPSA) is 68.5 Å². The van der Waals surface area contributed by atoms with Crippen molar-refractivity contribution in [3.63, 3.8) is 0 Å². The Hall–Kier alpha value is -2.08. The number of rotatable bonds is 5. The summed E-state index contributed by atoms with van der Waals surface area (Å²) in [6, 6.07) is 3.61. The Morgan fingerprint density at radius 3 is 2.90 bits per heavy atom. The third-order valence-electron chi connectivity index (χ3n) is 2.79. The number of furan rings is 1. The van der Waals surface area contributed by atoms with Gasteiger partial charge in [-0.3, -0.25) is 4.79 Å². The monoisotopic (exact) mass is 293 g/mol. The van der Waals surface area contributed by atoms with E-state index in [1.54, 1.807) is 12.3 Å². The fourth-order valence-electron chi connectivity index (χ4n) is 1.74. The van der Waals surface area contributed by atoms with Crippen LogP contribution in [0.3, 0.4) is 0 Å². The smallest absolute Gasteiger partial charge is 0.350 e. The van der Waals surface area contributed by atoms with Crippen LogP contribution in [-0.4, -0.2) is 19.0 Å². The maximum absolute atomic E-state index is 11.9. The molecule has 0 aromatic carbocycles. The molecule has 0 aliphatic carbocycles. The highest BCUT2D eigenvalue weighted by Gasteiger charge is 2.18. The second-order valence-electron chi connectivity index (χ2n) is 4.24. The van der Waals surface area contributed by atoms with Gasteiger partial charge in [0.15, 0.2) is 0 Å². The van der Waals surface area contributed by atoms with Gasteiger partial charge < -0.3 is 14.5 Å². The molecule has 0 spiro atoms. The zero-order valence-electron chi connectivity index (χ0n) is 11.3. The van der Waals surface area contributed by atoms with Gasteiger partial charge in [-0.2, -0.15) is 0 Å². The number of methoxy groups -OCH3 is 1. The number of carbonyl (C=O) groups excluding carboxylic acids is 2. The van der Waals surface area contributed by atoms with Crippen LogP contribution in [-0.2, 0) is 16.0 Å². The SMILES string of the molecule is COC(=O)c1scc(C)c1NC(=O)CCc1ccco1. The van der Waals surface area contributed by atoms with Crippen LogP contribution in [0.1, 0.15) is 27.4 Å². The lowest BCUT2D eigenvalue weighted by atomic mass is 10.2. The Kier molecular flexibility index (Phi) is 4.57. The number of hydrogen-bond acceptors (Lipinski definition) is 5. The standard InChI is InChI=1S/C14H15NO4S/c1-9-8-20-13(14(17)18-2)12(9)15-11(16)6-5-10-4-3-7-19-10/h3-4,7-8H,5-6H2,1-2H3,(H,15,16). The first-order valence-corrected chi connectivity index (χ1v) is 6.98. The molecule has 0 aliphatic rings. The van der Waals surface area contributed by atoms with Crippen LogP contribution in [0.15, 0.2) is 28.2 Å². The number of nitrogens with one attached hydrogen (secondary N) is 1. The summed E-state index contributed by atoms with van der Waals surface area (Å²) in [6.07, 6.45) is 2.39. The van der Waals surface area contributed by atoms with Crippen LogP contribution >= 0.6 is 11.3 Å². The van der Waals surface area contributed by atoms with E-state index in [1.165, 1.54) is 18.4 Å². The van der Waals surface area contributed by atoms with Crippen molar-refractivity contribution in [2.45, 2.75) is 19.8 Å². The quantitative estimate of drug-likeness (QED) is 0.860. The molecular weight excluding hydrogens is 278 g/mol. The Labute approximate surface area is 120 Å². The first kappa shape index (κ1) is 14.3. The minimum Gasteiger partial charge on any atom is -0.469 e. The molecule has 0 fully saturated rings. The fraction of sp³-hybridized carbons (Fsp3) is 0.286. The average molecular weight is 293 g/mol. The summed E-state index contributed by atoms with van der Waals surface area (Å²) in [7, 11) is 1.32. The van der Waals surface area contributed by atoms with Crippen LogP contribution in [0.25, 0.3) is 0 Å². The number of anilines is 1. The minimum absolute atomic E-state index is 0.159. The number of hydrogen-bond donors (Lipinski definition) is 1. The number of amides is 1. The van der Waals surface area contributed by atoms with Crippen LogP contribution in [0, 0.1) is 6.92 Å². The summed E-state index contributed by atoms with van der Waals surface area (Å²) in [5.74, 6) is 0.160. The Morgan fingerprint density at radius 1 is 1.45 bits per heavy atom. The second kappa shape index (κ2) is 6.38. The number of aryl methyl sites for hydroxylation is 2. The largest absolute Gasteiger partial charge is 0.469 e. The van der Waals surface area contributed by atoms with E-state index in [2.05, 4.69) is 5.32 Å². The highest BCUT2D eigenvalue weighted by Crippen LogP contribution is 2.28. The molecular formula is C14H15NO4S. The van der Waals surface area contributed by atoms with Crippen molar-refractivity contribution in [2.75, 3.05) is 12.4 Å². The Bertz CT molecular complexity index is 601. The number of ether oxygens (including phenoxy) is 1. The Balaban J connectivity index is 2.00. The zero-order chi connectivity index (χ0) is 14.5. The van der Waals surface area contributed by atoms with Crippen LogP contribution in [0.4, 0.5) is 5.69 Å². The summed E-state index contributed by atoms with van der Waals surface area (Å²) >= 11 is 1.26. The molecule has 20 heavy (non-hydrogen) atoms. The van der Waals surface area contributed by atoms with Gasteiger partial charge in [0.05, 0.1) is 19.1 Å². The molecule has 1 N–H and O–H groups in total. The fourth-order valence-corrected chi connectivity index (χ4v) is 2.66. The normalized spacial score (nSPS) is 10.3. The highest BCUT2D eigenvalue weighted by atomic mass is 32.1. The van der Waals surface area contributed by atoms with Gasteiger partial charge in [-0.15, -0.1) is 11.3 Å². The van der Waals surface area contributed by atoms with Crippen molar-refractivity contribution < 1.29 is 18.7 Å². The molecule has 5 nitrogen and oxygen atoms in total. The molecule has 1 amide bonds. The maximum Gasteiger partial charge on any atom is 0.350 e. The van der Waals surface area contributed by atoms with Crippen molar-refractivity contribution in [2.24, 2.45) is 0 Å². The van der Waals surface area contributed by atoms with E-state index < -0.39 is 5.97 Å². The highest BCUT2D eigenvalue weighted by molar-refractivity contribution is 7.12. The van der Waals surface area contributed by atoms with Gasteiger partial charge in [-0.1, -0.05) is 0 Å². The van der Waals surface area contributed by atoms with E-state index in [9.17, 15) is 9.59 Å². The van der Waals surface area contributed by atoms with Crippen molar-refractivity contribution in [3.8, 4) is 0 Å². The third-order valence-corrected chi connectivity index (χ3v) is 3.87. The first-order chi connectivity index (χ1) is 9.61. The molecule has 0 aliphatic heterocycles. The van der Waals surface area contributed by atoms with E-state index in [0.717, 1.165) is 11.3 Å². The molecule has 0 unspecified atom stereocenters. The molecule has 0 bridgehead atoms. The Morgan fingerprint density at radius 2 is 2.25 bits per heavy atom. The molecule has 106 valence electrons. The van der Waals surface area contributed by atoms with Crippen molar-refractivity contribution in [1.82, 2.24) is 0 Å². The molecule has 2 aromatic heterocycles. The van der Waals surface area contributed by atoms with Crippen molar-refractivity contribution in [3.05, 3.63) is 40.0 Å². The van der Waals surface area contributed by atoms with Crippen molar-refractivity contribution in [1.29, 1.82) is 0 Å². The molecule has 0 atom stereocenters. The van der Waals surface area contributed by atoms with Gasteiger partial charge in [-0.25, -0.2) is 4.79 Å². The predicted molar refractivity (Wildman–Crippen MR) is 76.1 cm³/mol. The minimum atomic E-state index is -0.440. The number of carbonyl (C=O) groups is 2. The summed E-state index contributed by atoms with van der Waals surface area (Å²) < 4.78 is 9.87. The van der Waals surface area contributed by atoms with E-state index >= 15 is 0 Å². The summed E-state index contributed by atoms with van der Waals surface area (Å²) in [5, 5.41) is 4.58. The molecule has 2 aromatic rings. The first-order valence-electron chi connectivity index (χ1n) is 6.10. The van der Waals surface area contributed by atoms with Gasteiger partial charge >= 0.3 is 5.97 Å². The van der Waals surface area contributed by atoms with Crippen LogP contribution in [0.5, 0.6) is 0 Å². The summed E-state index contributed by atoms with van der Waals surface area (Å²) in [4.78, 5) is 23.9. The number of thiophene rings is 1. The maximum atomic E-state index is 11.9. The van der Waals surface area contributed by atoms with E-state index in [0.29, 0.717) is 23.4 Å². The van der Waals surface area contributed by atoms with E-state index in [4.69, 9.17) is 9.15 Å². The molecule has 2 rings (SSSR count). The summed E-state index contributed by atoms with van der Waals surface area (Å²) in [6.45, 7) is 1.84. The second-order valence-corrected chi connectivity index (χ2v) is 5.12. The van der Waals surface area contributed by atoms with E-state index in [1.807, 2.05) is 18.4 Å². The molecule has 0 radical (unpaired) electrons.